The van der Waals surface area contributed by atoms with Crippen molar-refractivity contribution < 1.29 is 18.4 Å². The van der Waals surface area contributed by atoms with Gasteiger partial charge in [-0.1, -0.05) is 18.2 Å². The number of hydrogen-bond donors (Lipinski definition) is 2. The molecular weight excluding hydrogens is 385 g/mol. The van der Waals surface area contributed by atoms with E-state index in [1.807, 2.05) is 6.07 Å². The zero-order valence-corrected chi connectivity index (χ0v) is 16.4. The van der Waals surface area contributed by atoms with Gasteiger partial charge in [0.05, 0.1) is 5.71 Å². The van der Waals surface area contributed by atoms with E-state index in [4.69, 9.17) is 4.42 Å². The zero-order valence-electron chi connectivity index (χ0n) is 16.4. The Kier molecular flexibility index (Phi) is 5.43. The van der Waals surface area contributed by atoms with Gasteiger partial charge in [0.1, 0.15) is 11.6 Å². The van der Waals surface area contributed by atoms with Gasteiger partial charge in [0.15, 0.2) is 5.76 Å². The summed E-state index contributed by atoms with van der Waals surface area (Å²) in [5.74, 6) is -0.230. The van der Waals surface area contributed by atoms with E-state index in [1.165, 1.54) is 24.3 Å². The highest BCUT2D eigenvalue weighted by Gasteiger charge is 2.28. The van der Waals surface area contributed by atoms with Crippen molar-refractivity contribution >= 4 is 23.2 Å². The summed E-state index contributed by atoms with van der Waals surface area (Å²) in [4.78, 5) is 25.0. The molecule has 2 amide bonds. The fraction of sp³-hybridized carbons (Fsp3) is 0.174. The largest absolute Gasteiger partial charge is 0.455 e. The third kappa shape index (κ3) is 4.00. The number of nitrogens with one attached hydrogen (secondary N) is 2. The Balaban J connectivity index is 1.56. The quantitative estimate of drug-likeness (QED) is 0.629. The number of amides is 2. The first-order valence-corrected chi connectivity index (χ1v) is 9.64. The lowest BCUT2D eigenvalue weighted by Gasteiger charge is -2.13. The normalized spacial score (nSPS) is 14.3. The average Bonchev–Trinajstić information content (AvgIpc) is 3.11. The third-order valence-corrected chi connectivity index (χ3v) is 4.96. The van der Waals surface area contributed by atoms with E-state index in [-0.39, 0.29) is 17.5 Å². The molecule has 0 spiro atoms. The molecule has 0 atom stereocenters. The van der Waals surface area contributed by atoms with E-state index in [0.29, 0.717) is 41.1 Å². The summed E-state index contributed by atoms with van der Waals surface area (Å²) in [6.07, 6.45) is 2.16. The van der Waals surface area contributed by atoms with Crippen LogP contribution in [0.25, 0.3) is 0 Å². The Morgan fingerprint density at radius 1 is 1.00 bits per heavy atom. The number of halogens is 1. The van der Waals surface area contributed by atoms with Crippen LogP contribution in [0.15, 0.2) is 64.1 Å². The van der Waals surface area contributed by atoms with E-state index >= 15 is 0 Å². The lowest BCUT2D eigenvalue weighted by molar-refractivity contribution is 0.0953. The van der Waals surface area contributed by atoms with Gasteiger partial charge in [-0.3, -0.25) is 9.59 Å². The lowest BCUT2D eigenvalue weighted by atomic mass is 9.93. The van der Waals surface area contributed by atoms with Crippen molar-refractivity contribution in [2.45, 2.75) is 26.2 Å². The second kappa shape index (κ2) is 8.32. The zero-order chi connectivity index (χ0) is 21.1. The number of rotatable bonds is 4. The maximum Gasteiger partial charge on any atom is 0.291 e. The molecule has 0 bridgehead atoms. The third-order valence-electron chi connectivity index (χ3n) is 4.96. The number of carbonyl (C=O) groups excluding carboxylic acids is 2. The summed E-state index contributed by atoms with van der Waals surface area (Å²) in [6.45, 7) is 1.79. The first kappa shape index (κ1) is 19.6. The van der Waals surface area contributed by atoms with Gasteiger partial charge in [-0.15, -0.1) is 0 Å². The Labute approximate surface area is 172 Å². The van der Waals surface area contributed by atoms with Crippen LogP contribution in [0.4, 0.5) is 10.1 Å². The Bertz CT molecular complexity index is 1120. The van der Waals surface area contributed by atoms with Gasteiger partial charge in [0.2, 0.25) is 0 Å². The van der Waals surface area contributed by atoms with Crippen LogP contribution < -0.4 is 10.7 Å². The van der Waals surface area contributed by atoms with Crippen LogP contribution in [0.1, 0.15) is 50.6 Å². The maximum absolute atomic E-state index is 13.1. The van der Waals surface area contributed by atoms with Crippen molar-refractivity contribution in [2.75, 3.05) is 5.32 Å². The standard InChI is InChI=1S/C23H20FN3O3/c1-14-20-18(26-27-22(28)15-6-3-2-4-7-15)8-5-9-19(20)30-21(14)23(29)25-17-12-10-16(24)11-13-17/h2-4,6-7,10-13H,5,8-9H2,1H3,(H,25,29)(H,27,28)/b26-18+. The van der Waals surface area contributed by atoms with Crippen LogP contribution in [0.5, 0.6) is 0 Å². The van der Waals surface area contributed by atoms with Crippen molar-refractivity contribution in [3.8, 4) is 0 Å². The minimum absolute atomic E-state index is 0.188. The molecule has 0 unspecified atom stereocenters. The second-order valence-electron chi connectivity index (χ2n) is 7.03. The number of nitrogens with zero attached hydrogens (tertiary/aromatic N) is 1. The van der Waals surface area contributed by atoms with E-state index in [9.17, 15) is 14.0 Å². The van der Waals surface area contributed by atoms with E-state index < -0.39 is 5.91 Å². The van der Waals surface area contributed by atoms with Crippen LogP contribution in [0, 0.1) is 12.7 Å². The summed E-state index contributed by atoms with van der Waals surface area (Å²) in [6, 6.07) is 14.3. The molecule has 0 radical (unpaired) electrons. The second-order valence-corrected chi connectivity index (χ2v) is 7.03. The van der Waals surface area contributed by atoms with Crippen LogP contribution in [0.3, 0.4) is 0 Å². The molecule has 1 aromatic heterocycles. The molecule has 6 nitrogen and oxygen atoms in total. The Morgan fingerprint density at radius 2 is 1.73 bits per heavy atom. The van der Waals surface area contributed by atoms with E-state index in [2.05, 4.69) is 15.8 Å². The van der Waals surface area contributed by atoms with Gasteiger partial charge in [0, 0.05) is 28.8 Å². The summed E-state index contributed by atoms with van der Waals surface area (Å²) >= 11 is 0. The highest BCUT2D eigenvalue weighted by Crippen LogP contribution is 2.30. The molecule has 7 heteroatoms. The molecular formula is C23H20FN3O3. The van der Waals surface area contributed by atoms with Crippen LogP contribution in [-0.2, 0) is 6.42 Å². The molecule has 0 aliphatic heterocycles. The molecule has 1 heterocycles. The summed E-state index contributed by atoms with van der Waals surface area (Å²) < 4.78 is 18.9. The van der Waals surface area contributed by atoms with Crippen molar-refractivity contribution in [1.29, 1.82) is 0 Å². The Morgan fingerprint density at radius 3 is 2.47 bits per heavy atom. The number of fused-ring (bicyclic) bond motifs is 1. The molecule has 1 aliphatic rings. The molecule has 0 fully saturated rings. The van der Waals surface area contributed by atoms with Crippen molar-refractivity contribution in [2.24, 2.45) is 5.10 Å². The summed E-state index contributed by atoms with van der Waals surface area (Å²) in [5, 5.41) is 7.02. The van der Waals surface area contributed by atoms with E-state index in [1.54, 1.807) is 31.2 Å². The monoisotopic (exact) mass is 405 g/mol. The summed E-state index contributed by atoms with van der Waals surface area (Å²) in [7, 11) is 0. The van der Waals surface area contributed by atoms with Crippen molar-refractivity contribution in [3.63, 3.8) is 0 Å². The topological polar surface area (TPSA) is 83.7 Å². The molecule has 30 heavy (non-hydrogen) atoms. The highest BCUT2D eigenvalue weighted by atomic mass is 19.1. The fourth-order valence-electron chi connectivity index (χ4n) is 3.49. The first-order valence-electron chi connectivity index (χ1n) is 9.64. The number of aryl methyl sites for hydroxylation is 1. The van der Waals surface area contributed by atoms with Gasteiger partial charge in [-0.25, -0.2) is 9.82 Å². The number of furan rings is 1. The van der Waals surface area contributed by atoms with Gasteiger partial charge in [-0.05, 0) is 56.2 Å². The fourth-order valence-corrected chi connectivity index (χ4v) is 3.49. The predicted molar refractivity (Wildman–Crippen MR) is 111 cm³/mol. The van der Waals surface area contributed by atoms with Crippen LogP contribution >= 0.6 is 0 Å². The molecule has 152 valence electrons. The van der Waals surface area contributed by atoms with Crippen LogP contribution in [0.2, 0.25) is 0 Å². The molecule has 2 N–H and O–H groups in total. The van der Waals surface area contributed by atoms with Gasteiger partial charge in [0.25, 0.3) is 11.8 Å². The minimum Gasteiger partial charge on any atom is -0.455 e. The number of hydrazone groups is 1. The van der Waals surface area contributed by atoms with Crippen molar-refractivity contribution in [3.05, 3.63) is 88.6 Å². The van der Waals surface area contributed by atoms with Gasteiger partial charge >= 0.3 is 0 Å². The molecule has 2 aromatic carbocycles. The van der Waals surface area contributed by atoms with Gasteiger partial charge in [-0.2, -0.15) is 5.10 Å². The molecule has 0 saturated carbocycles. The number of benzene rings is 2. The maximum atomic E-state index is 13.1. The smallest absolute Gasteiger partial charge is 0.291 e. The molecule has 4 rings (SSSR count). The highest BCUT2D eigenvalue weighted by molar-refractivity contribution is 6.09. The van der Waals surface area contributed by atoms with Gasteiger partial charge < -0.3 is 9.73 Å². The molecule has 0 saturated heterocycles. The summed E-state index contributed by atoms with van der Waals surface area (Å²) in [5.41, 5.74) is 5.69. The predicted octanol–water partition coefficient (Wildman–Crippen LogP) is 4.45. The van der Waals surface area contributed by atoms with Crippen LogP contribution in [-0.4, -0.2) is 17.5 Å². The lowest BCUT2D eigenvalue weighted by Crippen LogP contribution is -2.22. The van der Waals surface area contributed by atoms with Crippen molar-refractivity contribution in [1.82, 2.24) is 5.43 Å². The SMILES string of the molecule is Cc1c(C(=O)Nc2ccc(F)cc2)oc2c1/C(=N/NC(=O)c1ccccc1)CCC2. The number of hydrogen-bond acceptors (Lipinski definition) is 4. The Hall–Kier alpha value is -3.74. The number of carbonyl (C=O) groups is 2. The number of anilines is 1. The minimum atomic E-state index is -0.416. The first-order chi connectivity index (χ1) is 14.5. The molecule has 3 aromatic rings. The average molecular weight is 405 g/mol. The molecule has 1 aliphatic carbocycles. The van der Waals surface area contributed by atoms with E-state index in [0.717, 1.165) is 12.0 Å².